The Hall–Kier alpha value is -1.87. The molecule has 2 unspecified atom stereocenters. The van der Waals surface area contributed by atoms with Gasteiger partial charge in [-0.2, -0.15) is 0 Å². The molecule has 2 atom stereocenters. The molecule has 0 saturated heterocycles. The lowest BCUT2D eigenvalue weighted by Crippen LogP contribution is -2.33. The van der Waals surface area contributed by atoms with Gasteiger partial charge in [-0.3, -0.25) is 4.79 Å². The summed E-state index contributed by atoms with van der Waals surface area (Å²) in [5, 5.41) is 0. The summed E-state index contributed by atoms with van der Waals surface area (Å²) in [5.74, 6) is 0. The summed E-state index contributed by atoms with van der Waals surface area (Å²) >= 11 is 0. The van der Waals surface area contributed by atoms with Gasteiger partial charge in [0, 0.05) is 17.3 Å². The van der Waals surface area contributed by atoms with Gasteiger partial charge < -0.3 is 10.3 Å². The Morgan fingerprint density at radius 3 is 2.27 bits per heavy atom. The highest BCUT2D eigenvalue weighted by atomic mass is 16.1. The fraction of sp³-hybridized carbons (Fsp3) is 0.421. The summed E-state index contributed by atoms with van der Waals surface area (Å²) in [4.78, 5) is 13.0. The molecule has 2 N–H and O–H groups in total. The monoisotopic (exact) mass is 298 g/mol. The van der Waals surface area contributed by atoms with Gasteiger partial charge in [-0.05, 0) is 51.3 Å². The molecule has 1 aromatic carbocycles. The molecule has 0 spiro atoms. The Labute approximate surface area is 132 Å². The molecule has 1 aromatic heterocycles. The molecule has 2 aromatic rings. The van der Waals surface area contributed by atoms with Crippen molar-refractivity contribution >= 4 is 0 Å². The average molecular weight is 298 g/mol. The fourth-order valence-electron chi connectivity index (χ4n) is 2.97. The lowest BCUT2D eigenvalue weighted by Gasteiger charge is -2.22. The van der Waals surface area contributed by atoms with Crippen LogP contribution in [0.1, 0.15) is 60.3 Å². The quantitative estimate of drug-likeness (QED) is 0.933. The molecule has 0 aliphatic carbocycles. The van der Waals surface area contributed by atoms with E-state index in [-0.39, 0.29) is 17.6 Å². The van der Waals surface area contributed by atoms with Crippen molar-refractivity contribution in [3.05, 3.63) is 68.6 Å². The standard InChI is InChI=1S/C19H26N2O/c1-6-14(4)21-15(5)11-13(3)17(19(21)22)18(20)16-9-7-12(2)8-10-16/h7-11,14,18H,6,20H2,1-5H3. The van der Waals surface area contributed by atoms with Crippen LogP contribution >= 0.6 is 0 Å². The minimum atomic E-state index is -0.385. The van der Waals surface area contributed by atoms with E-state index in [9.17, 15) is 4.79 Å². The van der Waals surface area contributed by atoms with E-state index < -0.39 is 0 Å². The van der Waals surface area contributed by atoms with E-state index in [0.717, 1.165) is 23.2 Å². The lowest BCUT2D eigenvalue weighted by molar-refractivity contribution is 0.496. The van der Waals surface area contributed by atoms with Crippen molar-refractivity contribution in [1.29, 1.82) is 0 Å². The van der Waals surface area contributed by atoms with Crippen LogP contribution in [0, 0.1) is 20.8 Å². The molecular weight excluding hydrogens is 272 g/mol. The van der Waals surface area contributed by atoms with Crippen LogP contribution in [0.2, 0.25) is 0 Å². The molecule has 0 radical (unpaired) electrons. The average Bonchev–Trinajstić information content (AvgIpc) is 2.46. The second-order valence-corrected chi connectivity index (χ2v) is 6.20. The van der Waals surface area contributed by atoms with E-state index in [1.54, 1.807) is 0 Å². The SMILES string of the molecule is CCC(C)n1c(C)cc(C)c(C(N)c2ccc(C)cc2)c1=O. The highest BCUT2D eigenvalue weighted by Crippen LogP contribution is 2.22. The van der Waals surface area contributed by atoms with E-state index in [1.807, 2.05) is 49.6 Å². The molecule has 3 nitrogen and oxygen atoms in total. The Morgan fingerprint density at radius 1 is 1.14 bits per heavy atom. The third-order valence-electron chi connectivity index (χ3n) is 4.46. The zero-order chi connectivity index (χ0) is 16.4. The second-order valence-electron chi connectivity index (χ2n) is 6.20. The van der Waals surface area contributed by atoms with Crippen molar-refractivity contribution in [3.8, 4) is 0 Å². The number of aryl methyl sites for hydroxylation is 3. The first-order chi connectivity index (χ1) is 10.4. The van der Waals surface area contributed by atoms with Gasteiger partial charge in [0.2, 0.25) is 0 Å². The molecule has 0 saturated carbocycles. The smallest absolute Gasteiger partial charge is 0.256 e. The van der Waals surface area contributed by atoms with Crippen molar-refractivity contribution in [2.45, 2.75) is 53.1 Å². The van der Waals surface area contributed by atoms with Gasteiger partial charge in [0.15, 0.2) is 0 Å². The lowest BCUT2D eigenvalue weighted by atomic mass is 9.95. The number of rotatable bonds is 4. The molecule has 118 valence electrons. The Balaban J connectivity index is 2.59. The Morgan fingerprint density at radius 2 is 1.73 bits per heavy atom. The number of hydrogen-bond acceptors (Lipinski definition) is 2. The van der Waals surface area contributed by atoms with E-state index in [2.05, 4.69) is 19.9 Å². The fourth-order valence-corrected chi connectivity index (χ4v) is 2.97. The summed E-state index contributed by atoms with van der Waals surface area (Å²) in [6.45, 7) is 10.2. The molecule has 0 aliphatic heterocycles. The molecule has 0 aliphatic rings. The zero-order valence-electron chi connectivity index (χ0n) is 14.2. The van der Waals surface area contributed by atoms with Crippen LogP contribution in [0.4, 0.5) is 0 Å². The summed E-state index contributed by atoms with van der Waals surface area (Å²) in [5.41, 5.74) is 11.3. The summed E-state index contributed by atoms with van der Waals surface area (Å²) < 4.78 is 1.87. The van der Waals surface area contributed by atoms with Gasteiger partial charge in [0.1, 0.15) is 0 Å². The third-order valence-corrected chi connectivity index (χ3v) is 4.46. The summed E-state index contributed by atoms with van der Waals surface area (Å²) in [6.07, 6.45) is 0.920. The van der Waals surface area contributed by atoms with Crippen molar-refractivity contribution in [1.82, 2.24) is 4.57 Å². The molecule has 2 rings (SSSR count). The molecule has 0 bridgehead atoms. The zero-order valence-corrected chi connectivity index (χ0v) is 14.2. The second kappa shape index (κ2) is 6.49. The van der Waals surface area contributed by atoms with Crippen LogP contribution in [0.15, 0.2) is 35.1 Å². The number of nitrogens with two attached hydrogens (primary N) is 1. The molecule has 3 heteroatoms. The number of benzene rings is 1. The molecule has 0 amide bonds. The van der Waals surface area contributed by atoms with E-state index in [4.69, 9.17) is 5.73 Å². The highest BCUT2D eigenvalue weighted by Gasteiger charge is 2.20. The van der Waals surface area contributed by atoms with E-state index in [0.29, 0.717) is 5.56 Å². The van der Waals surface area contributed by atoms with E-state index >= 15 is 0 Å². The van der Waals surface area contributed by atoms with Crippen LogP contribution in [0.3, 0.4) is 0 Å². The van der Waals surface area contributed by atoms with E-state index in [1.165, 1.54) is 5.56 Å². The van der Waals surface area contributed by atoms with Gasteiger partial charge in [-0.15, -0.1) is 0 Å². The van der Waals surface area contributed by atoms with Crippen molar-refractivity contribution < 1.29 is 0 Å². The van der Waals surface area contributed by atoms with Crippen LogP contribution in [0.25, 0.3) is 0 Å². The van der Waals surface area contributed by atoms with Crippen LogP contribution in [-0.4, -0.2) is 4.57 Å². The maximum atomic E-state index is 13.0. The molecular formula is C19H26N2O. The topological polar surface area (TPSA) is 48.0 Å². The van der Waals surface area contributed by atoms with Crippen LogP contribution in [0.5, 0.6) is 0 Å². The largest absolute Gasteiger partial charge is 0.320 e. The maximum absolute atomic E-state index is 13.0. The highest BCUT2D eigenvalue weighted by molar-refractivity contribution is 5.37. The Bertz CT molecular complexity index is 713. The number of aromatic nitrogens is 1. The van der Waals surface area contributed by atoms with Gasteiger partial charge >= 0.3 is 0 Å². The predicted molar refractivity (Wildman–Crippen MR) is 92.4 cm³/mol. The first-order valence-corrected chi connectivity index (χ1v) is 7.91. The predicted octanol–water partition coefficient (Wildman–Crippen LogP) is 3.79. The molecule has 22 heavy (non-hydrogen) atoms. The first-order valence-electron chi connectivity index (χ1n) is 7.91. The first kappa shape index (κ1) is 16.5. The minimum Gasteiger partial charge on any atom is -0.320 e. The normalized spacial score (nSPS) is 13.9. The van der Waals surface area contributed by atoms with Crippen LogP contribution < -0.4 is 11.3 Å². The number of nitrogens with zero attached hydrogens (tertiary/aromatic N) is 1. The maximum Gasteiger partial charge on any atom is 0.256 e. The van der Waals surface area contributed by atoms with Gasteiger partial charge in [0.05, 0.1) is 6.04 Å². The summed E-state index contributed by atoms with van der Waals surface area (Å²) in [6, 6.07) is 9.94. The van der Waals surface area contributed by atoms with Crippen LogP contribution in [-0.2, 0) is 0 Å². The summed E-state index contributed by atoms with van der Waals surface area (Å²) in [7, 11) is 0. The minimum absolute atomic E-state index is 0.0416. The van der Waals surface area contributed by atoms with Gasteiger partial charge in [-0.25, -0.2) is 0 Å². The van der Waals surface area contributed by atoms with Crippen molar-refractivity contribution in [2.75, 3.05) is 0 Å². The number of pyridine rings is 1. The van der Waals surface area contributed by atoms with Gasteiger partial charge in [0.25, 0.3) is 5.56 Å². The van der Waals surface area contributed by atoms with Crippen molar-refractivity contribution in [3.63, 3.8) is 0 Å². The van der Waals surface area contributed by atoms with Crippen molar-refractivity contribution in [2.24, 2.45) is 5.73 Å². The molecule has 1 heterocycles. The number of hydrogen-bond donors (Lipinski definition) is 1. The Kier molecular flexibility index (Phi) is 4.87. The molecule has 0 fully saturated rings. The van der Waals surface area contributed by atoms with Gasteiger partial charge in [-0.1, -0.05) is 36.8 Å². The third kappa shape index (κ3) is 3.00.